The summed E-state index contributed by atoms with van der Waals surface area (Å²) in [5.74, 6) is -0.841. The minimum atomic E-state index is -1.01. The second-order valence-corrected chi connectivity index (χ2v) is 6.51. The molecule has 1 heterocycles. The molecular formula is C17H14BrClN4O2. The molecule has 6 nitrogen and oxygen atoms in total. The first-order chi connectivity index (χ1) is 11.7. The smallest absolute Gasteiger partial charge is 0.319 e. The highest BCUT2D eigenvalue weighted by molar-refractivity contribution is 9.10. The highest BCUT2D eigenvalue weighted by atomic mass is 79.9. The van der Waals surface area contributed by atoms with E-state index in [1.54, 1.807) is 6.07 Å². The van der Waals surface area contributed by atoms with Gasteiger partial charge in [0.1, 0.15) is 11.6 Å². The van der Waals surface area contributed by atoms with Crippen molar-refractivity contribution in [3.05, 3.63) is 56.3 Å². The predicted molar refractivity (Wildman–Crippen MR) is 99.3 cm³/mol. The molecule has 25 heavy (non-hydrogen) atoms. The molecular weight excluding hydrogens is 408 g/mol. The van der Waals surface area contributed by atoms with Gasteiger partial charge in [0.2, 0.25) is 0 Å². The van der Waals surface area contributed by atoms with E-state index < -0.39 is 11.9 Å². The normalized spacial score (nSPS) is 11.1. The number of primary amides is 1. The van der Waals surface area contributed by atoms with Crippen LogP contribution < -0.4 is 11.1 Å². The van der Waals surface area contributed by atoms with Crippen molar-refractivity contribution in [3.63, 3.8) is 0 Å². The molecule has 0 aliphatic carbocycles. The molecule has 2 aromatic rings. The summed E-state index contributed by atoms with van der Waals surface area (Å²) in [6, 6.07) is 8.14. The van der Waals surface area contributed by atoms with Crippen LogP contribution in [-0.4, -0.2) is 16.5 Å². The third-order valence-corrected chi connectivity index (χ3v) is 4.77. The number of hydrogen-bond donors (Lipinski definition) is 2. The number of nitriles is 1. The number of hydrogen-bond acceptors (Lipinski definition) is 3. The maximum atomic E-state index is 11.8. The van der Waals surface area contributed by atoms with Gasteiger partial charge in [-0.15, -0.1) is 0 Å². The number of carbonyl (C=O) groups excluding carboxylic acids is 2. The van der Waals surface area contributed by atoms with Gasteiger partial charge >= 0.3 is 6.03 Å². The molecule has 0 radical (unpaired) electrons. The van der Waals surface area contributed by atoms with Crippen molar-refractivity contribution in [3.8, 4) is 11.8 Å². The lowest BCUT2D eigenvalue weighted by molar-refractivity contribution is -0.115. The van der Waals surface area contributed by atoms with Crippen LogP contribution in [0.5, 0.6) is 0 Å². The first-order valence-corrected chi connectivity index (χ1v) is 8.28. The first kappa shape index (κ1) is 18.8. The number of nitrogens with zero attached hydrogens (tertiary/aromatic N) is 2. The number of nitrogens with one attached hydrogen (secondary N) is 1. The van der Waals surface area contributed by atoms with Crippen LogP contribution in [0.15, 0.2) is 34.3 Å². The topological polar surface area (TPSA) is 101 Å². The van der Waals surface area contributed by atoms with E-state index in [4.69, 9.17) is 22.6 Å². The number of carbonyl (C=O) groups is 2. The Bertz CT molecular complexity index is 941. The Kier molecular flexibility index (Phi) is 5.67. The molecule has 3 amide bonds. The number of nitrogens with two attached hydrogens (primary N) is 1. The predicted octanol–water partition coefficient (Wildman–Crippen LogP) is 3.61. The molecule has 0 atom stereocenters. The SMILES string of the molecule is Cc1cc(/C=C(/C#N)C(=O)NC(N)=O)c(C)n1-c1ccc(Br)c(Cl)c1. The summed E-state index contributed by atoms with van der Waals surface area (Å²) in [7, 11) is 0. The first-order valence-electron chi connectivity index (χ1n) is 7.11. The quantitative estimate of drug-likeness (QED) is 0.584. The largest absolute Gasteiger partial charge is 0.351 e. The monoisotopic (exact) mass is 420 g/mol. The molecule has 128 valence electrons. The second-order valence-electron chi connectivity index (χ2n) is 5.25. The number of aryl methyl sites for hydroxylation is 1. The fourth-order valence-corrected chi connectivity index (χ4v) is 2.86. The summed E-state index contributed by atoms with van der Waals surface area (Å²) in [5.41, 5.74) is 7.93. The Hall–Kier alpha value is -2.56. The van der Waals surface area contributed by atoms with Crippen LogP contribution in [0, 0.1) is 25.2 Å². The van der Waals surface area contributed by atoms with Crippen molar-refractivity contribution in [1.82, 2.24) is 9.88 Å². The molecule has 1 aromatic carbocycles. The van der Waals surface area contributed by atoms with Crippen molar-refractivity contribution in [2.24, 2.45) is 5.73 Å². The number of rotatable bonds is 3. The van der Waals surface area contributed by atoms with Gasteiger partial charge in [0.05, 0.1) is 5.02 Å². The van der Waals surface area contributed by atoms with Crippen molar-refractivity contribution in [1.29, 1.82) is 5.26 Å². The fraction of sp³-hybridized carbons (Fsp3) is 0.118. The molecule has 0 bridgehead atoms. The van der Waals surface area contributed by atoms with E-state index in [-0.39, 0.29) is 5.57 Å². The molecule has 0 spiro atoms. The lowest BCUT2D eigenvalue weighted by Crippen LogP contribution is -2.35. The van der Waals surface area contributed by atoms with Crippen molar-refractivity contribution < 1.29 is 9.59 Å². The zero-order chi connectivity index (χ0) is 18.7. The molecule has 0 aliphatic heterocycles. The lowest BCUT2D eigenvalue weighted by atomic mass is 10.1. The van der Waals surface area contributed by atoms with E-state index in [1.807, 2.05) is 48.0 Å². The molecule has 0 saturated carbocycles. The fourth-order valence-electron chi connectivity index (χ4n) is 2.44. The standard InChI is InChI=1S/C17H14BrClN4O2/c1-9-5-11(6-12(8-20)16(24)22-17(21)25)10(2)23(9)13-3-4-14(18)15(19)7-13/h3-7H,1-2H3,(H3,21,22,24,25)/b12-6-. The maximum absolute atomic E-state index is 11.8. The molecule has 1 aromatic heterocycles. The van der Waals surface area contributed by atoms with E-state index in [2.05, 4.69) is 15.9 Å². The van der Waals surface area contributed by atoms with Gasteiger partial charge in [0, 0.05) is 21.5 Å². The Morgan fingerprint density at radius 3 is 2.60 bits per heavy atom. The summed E-state index contributed by atoms with van der Waals surface area (Å²) >= 11 is 9.51. The minimum absolute atomic E-state index is 0.215. The van der Waals surface area contributed by atoms with Crippen LogP contribution in [0.3, 0.4) is 0 Å². The maximum Gasteiger partial charge on any atom is 0.319 e. The Labute approximate surface area is 158 Å². The minimum Gasteiger partial charge on any atom is -0.351 e. The van der Waals surface area contributed by atoms with Gasteiger partial charge in [-0.05, 0) is 65.7 Å². The Morgan fingerprint density at radius 1 is 1.36 bits per heavy atom. The van der Waals surface area contributed by atoms with Gasteiger partial charge in [-0.2, -0.15) is 5.26 Å². The summed E-state index contributed by atoms with van der Waals surface area (Å²) in [4.78, 5) is 22.6. The average molecular weight is 422 g/mol. The zero-order valence-corrected chi connectivity index (χ0v) is 15.8. The van der Waals surface area contributed by atoms with Gasteiger partial charge in [0.25, 0.3) is 5.91 Å². The summed E-state index contributed by atoms with van der Waals surface area (Å²) in [5, 5.41) is 11.6. The van der Waals surface area contributed by atoms with Crippen LogP contribution >= 0.6 is 27.5 Å². The molecule has 8 heteroatoms. The van der Waals surface area contributed by atoms with E-state index in [0.29, 0.717) is 10.6 Å². The van der Waals surface area contributed by atoms with Crippen LogP contribution in [-0.2, 0) is 4.79 Å². The molecule has 0 unspecified atom stereocenters. The Morgan fingerprint density at radius 2 is 2.04 bits per heavy atom. The lowest BCUT2D eigenvalue weighted by Gasteiger charge is -2.10. The van der Waals surface area contributed by atoms with Crippen LogP contribution in [0.2, 0.25) is 5.02 Å². The van der Waals surface area contributed by atoms with E-state index >= 15 is 0 Å². The number of urea groups is 1. The summed E-state index contributed by atoms with van der Waals surface area (Å²) in [6.07, 6.45) is 1.41. The van der Waals surface area contributed by atoms with Gasteiger partial charge in [-0.25, -0.2) is 4.79 Å². The van der Waals surface area contributed by atoms with Crippen LogP contribution in [0.25, 0.3) is 11.8 Å². The average Bonchev–Trinajstić information content (AvgIpc) is 2.81. The summed E-state index contributed by atoms with van der Waals surface area (Å²) < 4.78 is 2.74. The zero-order valence-electron chi connectivity index (χ0n) is 13.4. The van der Waals surface area contributed by atoms with Gasteiger partial charge in [-0.3, -0.25) is 10.1 Å². The van der Waals surface area contributed by atoms with Crippen LogP contribution in [0.1, 0.15) is 17.0 Å². The second kappa shape index (κ2) is 7.55. The van der Waals surface area contributed by atoms with E-state index in [0.717, 1.165) is 21.5 Å². The van der Waals surface area contributed by atoms with Crippen LogP contribution in [0.4, 0.5) is 4.79 Å². The number of halogens is 2. The van der Waals surface area contributed by atoms with Gasteiger partial charge in [-0.1, -0.05) is 11.6 Å². The van der Waals surface area contributed by atoms with E-state index in [9.17, 15) is 9.59 Å². The Balaban J connectivity index is 2.50. The summed E-state index contributed by atoms with van der Waals surface area (Å²) in [6.45, 7) is 3.76. The third-order valence-electron chi connectivity index (χ3n) is 3.53. The highest BCUT2D eigenvalue weighted by Crippen LogP contribution is 2.28. The number of amides is 3. The van der Waals surface area contributed by atoms with Gasteiger partial charge < -0.3 is 10.3 Å². The third kappa shape index (κ3) is 4.10. The number of benzene rings is 1. The van der Waals surface area contributed by atoms with E-state index in [1.165, 1.54) is 6.08 Å². The number of aromatic nitrogens is 1. The molecule has 2 rings (SSSR count). The molecule has 0 saturated heterocycles. The van der Waals surface area contributed by atoms with Crippen molar-refractivity contribution >= 4 is 45.5 Å². The molecule has 0 aliphatic rings. The number of imide groups is 1. The highest BCUT2D eigenvalue weighted by Gasteiger charge is 2.15. The van der Waals surface area contributed by atoms with Crippen molar-refractivity contribution in [2.45, 2.75) is 13.8 Å². The molecule has 3 N–H and O–H groups in total. The van der Waals surface area contributed by atoms with Gasteiger partial charge in [0.15, 0.2) is 0 Å². The molecule has 0 fully saturated rings. The van der Waals surface area contributed by atoms with Crippen molar-refractivity contribution in [2.75, 3.05) is 0 Å².